The van der Waals surface area contributed by atoms with E-state index in [4.69, 9.17) is 9.26 Å². The van der Waals surface area contributed by atoms with Crippen molar-refractivity contribution >= 4 is 24.0 Å². The van der Waals surface area contributed by atoms with E-state index in [1.165, 1.54) is 0 Å². The highest BCUT2D eigenvalue weighted by molar-refractivity contribution is 7.93. The molecule has 0 amide bonds. The number of nitrogens with zero attached hydrogens (tertiary/aromatic N) is 2. The lowest BCUT2D eigenvalue weighted by Crippen LogP contribution is -2.34. The van der Waals surface area contributed by atoms with E-state index in [-0.39, 0.29) is 24.1 Å². The van der Waals surface area contributed by atoms with Gasteiger partial charge in [0.15, 0.2) is 0 Å². The molecule has 0 aliphatic carbocycles. The van der Waals surface area contributed by atoms with Crippen LogP contribution in [0.4, 0.5) is 10.3 Å². The van der Waals surface area contributed by atoms with Crippen LogP contribution < -0.4 is 4.31 Å². The molecule has 3 aromatic rings. The average Bonchev–Trinajstić information content (AvgIpc) is 3.19. The Morgan fingerprint density at radius 1 is 1.11 bits per heavy atom. The monoisotopic (exact) mass is 548 g/mol. The minimum atomic E-state index is -4.15. The van der Waals surface area contributed by atoms with Crippen LogP contribution in [-0.2, 0) is 27.8 Å². The lowest BCUT2D eigenvalue weighted by Gasteiger charge is -2.24. The third-order valence-electron chi connectivity index (χ3n) is 6.24. The summed E-state index contributed by atoms with van der Waals surface area (Å²) in [6.45, 7) is 9.79. The highest BCUT2D eigenvalue weighted by Gasteiger charge is 2.32. The summed E-state index contributed by atoms with van der Waals surface area (Å²) >= 11 is 0. The summed E-state index contributed by atoms with van der Waals surface area (Å²) in [6.07, 6.45) is 0.711. The van der Waals surface area contributed by atoms with Crippen LogP contribution in [0.1, 0.15) is 28.8 Å². The molecule has 7 nitrogen and oxygen atoms in total. The Labute approximate surface area is 220 Å². The number of aryl methyl sites for hydroxylation is 2. The number of sulfonamides is 1. The van der Waals surface area contributed by atoms with Gasteiger partial charge >= 0.3 is 0 Å². The molecule has 3 rings (SSSR count). The molecule has 202 valence electrons. The van der Waals surface area contributed by atoms with Gasteiger partial charge in [-0.05, 0) is 55.5 Å². The summed E-state index contributed by atoms with van der Waals surface area (Å²) < 4.78 is 53.9. The second kappa shape index (κ2) is 12.3. The molecule has 2 aromatic carbocycles. The van der Waals surface area contributed by atoms with Gasteiger partial charge in [-0.1, -0.05) is 61.2 Å². The van der Waals surface area contributed by atoms with E-state index in [9.17, 15) is 17.9 Å². The molecule has 1 N–H and O–H groups in total. The highest BCUT2D eigenvalue weighted by Crippen LogP contribution is 2.36. The number of ether oxygens (including phenoxy) is 1. The number of aliphatic hydroxyl groups excluding tert-OH is 1. The van der Waals surface area contributed by atoms with Crippen molar-refractivity contribution in [2.45, 2.75) is 63.9 Å². The standard InChI is InChI=1S/C27H37FN2O5SSi/c1-20-21(2)29-35-27(20)30(19-34-15-16-37(3,4)5)36(32,33)26-11-7-6-10-25(26)24-13-12-22(18-31)17-23(24)9-8-14-28/h6-7,10-13,17,31H,8-9,14-16,18-19H2,1-5H3. The van der Waals surface area contributed by atoms with Gasteiger partial charge in [0, 0.05) is 25.8 Å². The van der Waals surface area contributed by atoms with Crippen LogP contribution in [-0.4, -0.2) is 46.8 Å². The number of rotatable bonds is 13. The summed E-state index contributed by atoms with van der Waals surface area (Å²) in [6, 6.07) is 13.0. The van der Waals surface area contributed by atoms with Crippen molar-refractivity contribution in [2.24, 2.45) is 0 Å². The van der Waals surface area contributed by atoms with Crippen LogP contribution in [0.15, 0.2) is 51.9 Å². The zero-order valence-corrected chi connectivity index (χ0v) is 24.1. The molecule has 0 atom stereocenters. The molecular formula is C27H37FN2O5SSi. The third-order valence-corrected chi connectivity index (χ3v) is 9.71. The number of benzene rings is 2. The van der Waals surface area contributed by atoms with Crippen LogP contribution in [0.3, 0.4) is 0 Å². The summed E-state index contributed by atoms with van der Waals surface area (Å²) in [5.41, 5.74) is 3.83. The quantitative estimate of drug-likeness (QED) is 0.163. The van der Waals surface area contributed by atoms with E-state index in [0.717, 1.165) is 15.9 Å². The van der Waals surface area contributed by atoms with E-state index in [2.05, 4.69) is 24.8 Å². The van der Waals surface area contributed by atoms with Gasteiger partial charge in [-0.15, -0.1) is 0 Å². The van der Waals surface area contributed by atoms with Gasteiger partial charge in [0.05, 0.1) is 23.9 Å². The van der Waals surface area contributed by atoms with E-state index >= 15 is 0 Å². The summed E-state index contributed by atoms with van der Waals surface area (Å²) in [5.74, 6) is 0.119. The molecule has 0 saturated carbocycles. The lowest BCUT2D eigenvalue weighted by molar-refractivity contribution is 0.153. The second-order valence-electron chi connectivity index (χ2n) is 10.3. The first kappa shape index (κ1) is 29.0. The molecule has 0 aliphatic heterocycles. The molecule has 0 unspecified atom stereocenters. The maximum Gasteiger partial charge on any atom is 0.269 e. The number of aromatic nitrogens is 1. The first-order chi connectivity index (χ1) is 17.5. The van der Waals surface area contributed by atoms with Crippen LogP contribution >= 0.6 is 0 Å². The Morgan fingerprint density at radius 3 is 2.46 bits per heavy atom. The zero-order valence-electron chi connectivity index (χ0n) is 22.3. The predicted octanol–water partition coefficient (Wildman–Crippen LogP) is 5.86. The van der Waals surface area contributed by atoms with Crippen LogP contribution in [0.2, 0.25) is 25.7 Å². The number of halogens is 1. The summed E-state index contributed by atoms with van der Waals surface area (Å²) in [5, 5.41) is 13.6. The fraction of sp³-hybridized carbons (Fsp3) is 0.444. The molecule has 0 spiro atoms. The van der Waals surface area contributed by atoms with Gasteiger partial charge in [0.1, 0.15) is 6.73 Å². The SMILES string of the molecule is Cc1noc(N(COCC[Si](C)(C)C)S(=O)(=O)c2ccccc2-c2ccc(CO)cc2CCCF)c1C. The van der Waals surface area contributed by atoms with Gasteiger partial charge in [-0.25, -0.2) is 12.7 Å². The normalized spacial score (nSPS) is 12.2. The fourth-order valence-electron chi connectivity index (χ4n) is 3.90. The largest absolute Gasteiger partial charge is 0.392 e. The molecule has 1 heterocycles. The van der Waals surface area contributed by atoms with Crippen molar-refractivity contribution in [2.75, 3.05) is 24.3 Å². The van der Waals surface area contributed by atoms with E-state index in [1.54, 1.807) is 56.3 Å². The number of aliphatic hydroxyl groups is 1. The van der Waals surface area contributed by atoms with Gasteiger partial charge in [0.2, 0.25) is 5.88 Å². The minimum Gasteiger partial charge on any atom is -0.392 e. The van der Waals surface area contributed by atoms with Crippen molar-refractivity contribution in [3.63, 3.8) is 0 Å². The Bertz CT molecular complexity index is 1300. The smallest absolute Gasteiger partial charge is 0.269 e. The van der Waals surface area contributed by atoms with Crippen molar-refractivity contribution in [3.05, 3.63) is 64.8 Å². The van der Waals surface area contributed by atoms with Crippen LogP contribution in [0.25, 0.3) is 11.1 Å². The first-order valence-electron chi connectivity index (χ1n) is 12.4. The van der Waals surface area contributed by atoms with Crippen LogP contribution in [0, 0.1) is 13.8 Å². The highest BCUT2D eigenvalue weighted by atomic mass is 32.2. The van der Waals surface area contributed by atoms with Crippen molar-refractivity contribution in [1.29, 1.82) is 0 Å². The maximum atomic E-state index is 14.2. The molecule has 0 aliphatic rings. The summed E-state index contributed by atoms with van der Waals surface area (Å²) in [4.78, 5) is 0.0792. The van der Waals surface area contributed by atoms with Gasteiger partial charge in [-0.3, -0.25) is 4.39 Å². The third kappa shape index (κ3) is 7.07. The second-order valence-corrected chi connectivity index (χ2v) is 17.8. The lowest BCUT2D eigenvalue weighted by atomic mass is 9.95. The average molecular weight is 549 g/mol. The van der Waals surface area contributed by atoms with E-state index < -0.39 is 24.8 Å². The van der Waals surface area contributed by atoms with E-state index in [1.807, 2.05) is 0 Å². The molecule has 0 bridgehead atoms. The number of anilines is 1. The van der Waals surface area contributed by atoms with Crippen molar-refractivity contribution in [1.82, 2.24) is 5.16 Å². The molecule has 10 heteroatoms. The van der Waals surface area contributed by atoms with Crippen molar-refractivity contribution < 1.29 is 27.2 Å². The molecule has 37 heavy (non-hydrogen) atoms. The fourth-order valence-corrected chi connectivity index (χ4v) is 6.21. The van der Waals surface area contributed by atoms with Crippen LogP contribution in [0.5, 0.6) is 0 Å². The first-order valence-corrected chi connectivity index (χ1v) is 17.6. The Kier molecular flexibility index (Phi) is 9.68. The van der Waals surface area contributed by atoms with Gasteiger partial charge < -0.3 is 14.4 Å². The predicted molar refractivity (Wildman–Crippen MR) is 147 cm³/mol. The van der Waals surface area contributed by atoms with Crippen molar-refractivity contribution in [3.8, 4) is 11.1 Å². The Balaban J connectivity index is 2.09. The Hall–Kier alpha value is -2.53. The molecule has 0 saturated heterocycles. The zero-order chi connectivity index (χ0) is 27.2. The van der Waals surface area contributed by atoms with Gasteiger partial charge in [0.25, 0.3) is 10.0 Å². The van der Waals surface area contributed by atoms with E-state index in [0.29, 0.717) is 47.4 Å². The molecule has 0 fully saturated rings. The number of hydrogen-bond donors (Lipinski definition) is 1. The maximum absolute atomic E-state index is 14.2. The topological polar surface area (TPSA) is 92.9 Å². The number of hydrogen-bond acceptors (Lipinski definition) is 6. The summed E-state index contributed by atoms with van der Waals surface area (Å²) in [7, 11) is -5.53. The number of alkyl halides is 1. The minimum absolute atomic E-state index is 0.0792. The molecule has 0 radical (unpaired) electrons. The van der Waals surface area contributed by atoms with Gasteiger partial charge in [-0.2, -0.15) is 0 Å². The Morgan fingerprint density at radius 2 is 1.84 bits per heavy atom. The molecule has 1 aromatic heterocycles. The molecular weight excluding hydrogens is 511 g/mol.